The molecule has 5 heteroatoms. The SMILES string of the molecule is c1ccc2c(c1)Oc1cc(N(c3ccc4ccccc4c3)c3ccc4oc5ccccc5c4c3)ccc1N2c1ccc2c(c1)oc1ccccc12. The molecule has 0 amide bonds. The van der Waals surface area contributed by atoms with E-state index in [1.807, 2.05) is 48.5 Å². The number of ether oxygens (including phenoxy) is 1. The van der Waals surface area contributed by atoms with E-state index in [0.717, 1.165) is 89.5 Å². The largest absolute Gasteiger partial charge is 0.456 e. The zero-order chi connectivity index (χ0) is 33.5. The van der Waals surface area contributed by atoms with E-state index in [-0.39, 0.29) is 0 Å². The van der Waals surface area contributed by atoms with Gasteiger partial charge in [-0.15, -0.1) is 0 Å². The summed E-state index contributed by atoms with van der Waals surface area (Å²) in [5.74, 6) is 1.55. The van der Waals surface area contributed by atoms with Crippen LogP contribution in [0.1, 0.15) is 0 Å². The summed E-state index contributed by atoms with van der Waals surface area (Å²) in [5, 5.41) is 6.74. The number of fused-ring (bicyclic) bond motifs is 9. The fourth-order valence-corrected chi connectivity index (χ4v) is 7.63. The lowest BCUT2D eigenvalue weighted by Crippen LogP contribution is -2.17. The van der Waals surface area contributed by atoms with E-state index >= 15 is 0 Å². The molecule has 0 radical (unpaired) electrons. The van der Waals surface area contributed by atoms with Crippen LogP contribution in [-0.2, 0) is 0 Å². The summed E-state index contributed by atoms with van der Waals surface area (Å²) in [6, 6.07) is 59.0. The third kappa shape index (κ3) is 4.35. The molecule has 2 aromatic heterocycles. The maximum absolute atomic E-state index is 6.71. The molecule has 240 valence electrons. The number of hydrogen-bond acceptors (Lipinski definition) is 5. The molecule has 0 N–H and O–H groups in total. The van der Waals surface area contributed by atoms with Crippen LogP contribution in [0.2, 0.25) is 0 Å². The molecule has 0 saturated carbocycles. The monoisotopic (exact) mass is 656 g/mol. The Labute approximate surface area is 292 Å². The Bertz CT molecular complexity index is 2990. The van der Waals surface area contributed by atoms with Crippen molar-refractivity contribution in [1.82, 2.24) is 0 Å². The molecule has 8 aromatic carbocycles. The van der Waals surface area contributed by atoms with Crippen molar-refractivity contribution in [2.75, 3.05) is 9.80 Å². The third-order valence-corrected chi connectivity index (χ3v) is 10.00. The number of rotatable bonds is 4. The quantitative estimate of drug-likeness (QED) is 0.189. The van der Waals surface area contributed by atoms with E-state index in [1.165, 1.54) is 10.8 Å². The van der Waals surface area contributed by atoms with Gasteiger partial charge in [0.15, 0.2) is 11.5 Å². The maximum Gasteiger partial charge on any atom is 0.153 e. The summed E-state index contributed by atoms with van der Waals surface area (Å²) in [6.45, 7) is 0. The van der Waals surface area contributed by atoms with Crippen LogP contribution in [0.5, 0.6) is 11.5 Å². The van der Waals surface area contributed by atoms with E-state index in [2.05, 4.69) is 131 Å². The molecule has 1 aliphatic rings. The molecule has 51 heavy (non-hydrogen) atoms. The molecule has 5 nitrogen and oxygen atoms in total. The number of para-hydroxylation sites is 4. The topological polar surface area (TPSA) is 42.0 Å². The molecule has 0 fully saturated rings. The van der Waals surface area contributed by atoms with Gasteiger partial charge in [0.05, 0.1) is 17.1 Å². The maximum atomic E-state index is 6.71. The Morgan fingerprint density at radius 2 is 0.980 bits per heavy atom. The highest BCUT2D eigenvalue weighted by Crippen LogP contribution is 2.53. The van der Waals surface area contributed by atoms with E-state index in [9.17, 15) is 0 Å². The zero-order valence-corrected chi connectivity index (χ0v) is 27.3. The van der Waals surface area contributed by atoms with Gasteiger partial charge in [-0.1, -0.05) is 78.9 Å². The van der Waals surface area contributed by atoms with E-state index in [4.69, 9.17) is 13.6 Å². The van der Waals surface area contributed by atoms with Gasteiger partial charge < -0.3 is 23.4 Å². The second-order valence-electron chi connectivity index (χ2n) is 13.0. The Balaban J connectivity index is 1.09. The minimum absolute atomic E-state index is 0.761. The van der Waals surface area contributed by atoms with E-state index in [0.29, 0.717) is 0 Å². The van der Waals surface area contributed by atoms with Crippen LogP contribution in [0.25, 0.3) is 54.6 Å². The average molecular weight is 657 g/mol. The molecule has 10 aromatic rings. The van der Waals surface area contributed by atoms with Crippen LogP contribution in [0.4, 0.5) is 34.1 Å². The van der Waals surface area contributed by atoms with Crippen molar-refractivity contribution >= 4 is 88.8 Å². The average Bonchev–Trinajstić information content (AvgIpc) is 3.74. The summed E-state index contributed by atoms with van der Waals surface area (Å²) in [6.07, 6.45) is 0. The van der Waals surface area contributed by atoms with Gasteiger partial charge in [0.25, 0.3) is 0 Å². The molecule has 11 rings (SSSR count). The molecule has 0 unspecified atom stereocenters. The van der Waals surface area contributed by atoms with Crippen molar-refractivity contribution in [3.63, 3.8) is 0 Å². The van der Waals surface area contributed by atoms with Crippen molar-refractivity contribution in [1.29, 1.82) is 0 Å². The van der Waals surface area contributed by atoms with Gasteiger partial charge >= 0.3 is 0 Å². The van der Waals surface area contributed by atoms with Crippen molar-refractivity contribution < 1.29 is 13.6 Å². The van der Waals surface area contributed by atoms with Crippen molar-refractivity contribution in [2.24, 2.45) is 0 Å². The van der Waals surface area contributed by atoms with Crippen LogP contribution >= 0.6 is 0 Å². The van der Waals surface area contributed by atoms with Gasteiger partial charge in [-0.05, 0) is 89.6 Å². The lowest BCUT2D eigenvalue weighted by molar-refractivity contribution is 0.477. The number of hydrogen-bond donors (Lipinski definition) is 0. The summed E-state index contributed by atoms with van der Waals surface area (Å²) < 4.78 is 19.2. The van der Waals surface area contributed by atoms with Crippen LogP contribution in [0.15, 0.2) is 179 Å². The first-order valence-corrected chi connectivity index (χ1v) is 17.1. The predicted molar refractivity (Wildman–Crippen MR) is 208 cm³/mol. The van der Waals surface area contributed by atoms with Crippen LogP contribution < -0.4 is 14.5 Å². The molecule has 0 atom stereocenters. The highest BCUT2D eigenvalue weighted by Gasteiger charge is 2.28. The van der Waals surface area contributed by atoms with Crippen molar-refractivity contribution in [2.45, 2.75) is 0 Å². The van der Waals surface area contributed by atoms with E-state index < -0.39 is 0 Å². The van der Waals surface area contributed by atoms with Gasteiger partial charge in [-0.2, -0.15) is 0 Å². The zero-order valence-electron chi connectivity index (χ0n) is 27.3. The fraction of sp³-hybridized carbons (Fsp3) is 0. The number of benzene rings is 8. The van der Waals surface area contributed by atoms with Gasteiger partial charge in [-0.3, -0.25) is 0 Å². The second kappa shape index (κ2) is 10.8. The summed E-state index contributed by atoms with van der Waals surface area (Å²) in [4.78, 5) is 4.55. The first-order valence-electron chi connectivity index (χ1n) is 17.1. The highest BCUT2D eigenvalue weighted by molar-refractivity contribution is 6.08. The summed E-state index contributed by atoms with van der Waals surface area (Å²) >= 11 is 0. The highest BCUT2D eigenvalue weighted by atomic mass is 16.5. The number of nitrogens with zero attached hydrogens (tertiary/aromatic N) is 2. The minimum atomic E-state index is 0.761. The van der Waals surface area contributed by atoms with Crippen molar-refractivity contribution in [3.8, 4) is 11.5 Å². The molecule has 3 heterocycles. The van der Waals surface area contributed by atoms with Crippen molar-refractivity contribution in [3.05, 3.63) is 170 Å². The van der Waals surface area contributed by atoms with Crippen LogP contribution in [-0.4, -0.2) is 0 Å². The third-order valence-electron chi connectivity index (χ3n) is 10.00. The smallest absolute Gasteiger partial charge is 0.153 e. The summed E-state index contributed by atoms with van der Waals surface area (Å²) in [5.41, 5.74) is 9.42. The van der Waals surface area contributed by atoms with Crippen LogP contribution in [0.3, 0.4) is 0 Å². The number of anilines is 6. The Hall–Kier alpha value is -6.98. The van der Waals surface area contributed by atoms with Gasteiger partial charge in [0.2, 0.25) is 0 Å². The second-order valence-corrected chi connectivity index (χ2v) is 13.0. The Morgan fingerprint density at radius 1 is 0.373 bits per heavy atom. The van der Waals surface area contributed by atoms with E-state index in [1.54, 1.807) is 0 Å². The fourth-order valence-electron chi connectivity index (χ4n) is 7.63. The minimum Gasteiger partial charge on any atom is -0.456 e. The van der Waals surface area contributed by atoms with Gasteiger partial charge in [0, 0.05) is 50.7 Å². The predicted octanol–water partition coefficient (Wildman–Crippen LogP) is 13.7. The molecular formula is C46H28N2O3. The van der Waals surface area contributed by atoms with Gasteiger partial charge in [-0.25, -0.2) is 0 Å². The Kier molecular flexibility index (Phi) is 5.89. The number of furan rings is 2. The molecule has 1 aliphatic heterocycles. The van der Waals surface area contributed by atoms with Gasteiger partial charge in [0.1, 0.15) is 22.3 Å². The first-order chi connectivity index (χ1) is 25.2. The molecule has 0 bridgehead atoms. The molecular weight excluding hydrogens is 629 g/mol. The first kappa shape index (κ1) is 27.9. The molecule has 0 aliphatic carbocycles. The Morgan fingerprint density at radius 3 is 1.86 bits per heavy atom. The normalized spacial score (nSPS) is 12.4. The lowest BCUT2D eigenvalue weighted by Gasteiger charge is -2.34. The molecule has 0 spiro atoms. The summed E-state index contributed by atoms with van der Waals surface area (Å²) in [7, 11) is 0. The lowest BCUT2D eigenvalue weighted by atomic mass is 10.1. The van der Waals surface area contributed by atoms with Crippen LogP contribution in [0, 0.1) is 0 Å². The standard InChI is InChI=1S/C46H28N2O3/c1-2-10-30-25-31(18-17-29(30)9-1)47(32-21-24-43-38(26-32)36-12-4-7-15-42(36)49-43)33-20-23-40-46(28-33)51-44-16-8-5-13-39(44)48(40)34-19-22-37-35-11-3-6-14-41(35)50-45(37)27-34/h1-28H. The molecule has 0 saturated heterocycles.